The molecular weight excluding hydrogens is 446 g/mol. The Bertz CT molecular complexity index is 1250. The number of carbonyl (C=O) groups is 1. The molecule has 2 amide bonds. The van der Waals surface area contributed by atoms with Gasteiger partial charge in [-0.05, 0) is 32.9 Å². The SMILES string of the molecule is Cc1nc(N2CC(F)(F)C2)ccc1NC(=O)N1CCN(c2nc(N)nc3c(C)cnn23)[C@@H](C)C1. The highest BCUT2D eigenvalue weighted by atomic mass is 19.3. The van der Waals surface area contributed by atoms with Gasteiger partial charge in [-0.25, -0.2) is 18.6 Å². The van der Waals surface area contributed by atoms with Crippen molar-refractivity contribution >= 4 is 35.1 Å². The number of halogens is 2. The van der Waals surface area contributed by atoms with Crippen molar-refractivity contribution in [3.05, 3.63) is 29.6 Å². The summed E-state index contributed by atoms with van der Waals surface area (Å²) in [6.07, 6.45) is 1.72. The average Bonchev–Trinajstić information content (AvgIpc) is 3.13. The maximum absolute atomic E-state index is 13.1. The molecule has 0 radical (unpaired) electrons. The number of carbonyl (C=O) groups excluding carboxylic acids is 1. The van der Waals surface area contributed by atoms with Crippen molar-refractivity contribution in [2.75, 3.05) is 53.6 Å². The van der Waals surface area contributed by atoms with Crippen molar-refractivity contribution < 1.29 is 13.6 Å². The first-order valence-corrected chi connectivity index (χ1v) is 11.0. The first-order chi connectivity index (χ1) is 16.1. The molecule has 3 N–H and O–H groups in total. The molecule has 0 spiro atoms. The molecule has 0 aliphatic carbocycles. The van der Waals surface area contributed by atoms with Gasteiger partial charge in [-0.15, -0.1) is 0 Å². The molecule has 3 aromatic heterocycles. The summed E-state index contributed by atoms with van der Waals surface area (Å²) in [6.45, 7) is 6.45. The van der Waals surface area contributed by atoms with E-state index in [0.717, 1.165) is 5.56 Å². The number of pyridine rings is 1. The van der Waals surface area contributed by atoms with Gasteiger partial charge in [0.15, 0.2) is 5.65 Å². The Morgan fingerprint density at radius 2 is 1.94 bits per heavy atom. The summed E-state index contributed by atoms with van der Waals surface area (Å²) in [7, 11) is 0. The summed E-state index contributed by atoms with van der Waals surface area (Å²) in [5, 5.41) is 7.27. The van der Waals surface area contributed by atoms with Crippen molar-refractivity contribution in [3.63, 3.8) is 0 Å². The second-order valence-corrected chi connectivity index (χ2v) is 8.88. The summed E-state index contributed by atoms with van der Waals surface area (Å²) in [4.78, 5) is 31.3. The highest BCUT2D eigenvalue weighted by molar-refractivity contribution is 5.90. The Balaban J connectivity index is 1.25. The first-order valence-electron chi connectivity index (χ1n) is 11.0. The molecule has 13 heteroatoms. The average molecular weight is 473 g/mol. The summed E-state index contributed by atoms with van der Waals surface area (Å²) >= 11 is 0. The van der Waals surface area contributed by atoms with Gasteiger partial charge in [0.25, 0.3) is 5.92 Å². The van der Waals surface area contributed by atoms with E-state index in [1.165, 1.54) is 4.90 Å². The number of aromatic nitrogens is 5. The highest BCUT2D eigenvalue weighted by Crippen LogP contribution is 2.31. The largest absolute Gasteiger partial charge is 0.368 e. The van der Waals surface area contributed by atoms with Gasteiger partial charge in [-0.2, -0.15) is 19.6 Å². The van der Waals surface area contributed by atoms with Crippen LogP contribution < -0.4 is 20.9 Å². The summed E-state index contributed by atoms with van der Waals surface area (Å²) < 4.78 is 28.0. The van der Waals surface area contributed by atoms with Crippen LogP contribution in [-0.2, 0) is 0 Å². The van der Waals surface area contributed by atoms with Gasteiger partial charge in [0, 0.05) is 31.2 Å². The lowest BCUT2D eigenvalue weighted by Gasteiger charge is -2.40. The van der Waals surface area contributed by atoms with Crippen LogP contribution in [0.4, 0.5) is 37.0 Å². The van der Waals surface area contributed by atoms with E-state index in [1.54, 1.807) is 34.7 Å². The Morgan fingerprint density at radius 1 is 1.18 bits per heavy atom. The van der Waals surface area contributed by atoms with E-state index in [2.05, 4.69) is 30.3 Å². The third-order valence-corrected chi connectivity index (χ3v) is 6.20. The number of urea groups is 1. The van der Waals surface area contributed by atoms with Crippen LogP contribution in [0.3, 0.4) is 0 Å². The van der Waals surface area contributed by atoms with Gasteiger partial charge in [0.1, 0.15) is 5.82 Å². The van der Waals surface area contributed by atoms with Crippen LogP contribution in [0.25, 0.3) is 5.65 Å². The maximum atomic E-state index is 13.1. The van der Waals surface area contributed by atoms with E-state index in [9.17, 15) is 13.6 Å². The summed E-state index contributed by atoms with van der Waals surface area (Å²) in [6, 6.07) is 3.06. The van der Waals surface area contributed by atoms with Crippen LogP contribution in [0.1, 0.15) is 18.2 Å². The predicted octanol–water partition coefficient (Wildman–Crippen LogP) is 1.92. The lowest BCUT2D eigenvalue weighted by atomic mass is 10.1. The van der Waals surface area contributed by atoms with Crippen LogP contribution in [0.2, 0.25) is 0 Å². The van der Waals surface area contributed by atoms with Crippen LogP contribution in [0.5, 0.6) is 0 Å². The number of anilines is 4. The number of amides is 2. The van der Waals surface area contributed by atoms with Crippen molar-refractivity contribution in [1.29, 1.82) is 0 Å². The molecule has 0 saturated carbocycles. The van der Waals surface area contributed by atoms with Gasteiger partial charge >= 0.3 is 6.03 Å². The minimum atomic E-state index is -2.67. The zero-order valence-electron chi connectivity index (χ0n) is 19.2. The van der Waals surface area contributed by atoms with Gasteiger partial charge in [-0.3, -0.25) is 0 Å². The topological polar surface area (TPSA) is 121 Å². The van der Waals surface area contributed by atoms with Gasteiger partial charge in [0.2, 0.25) is 11.9 Å². The third-order valence-electron chi connectivity index (χ3n) is 6.20. The minimum absolute atomic E-state index is 0.0452. The molecule has 180 valence electrons. The monoisotopic (exact) mass is 472 g/mol. The number of aryl methyl sites for hydroxylation is 2. The minimum Gasteiger partial charge on any atom is -0.368 e. The van der Waals surface area contributed by atoms with Crippen LogP contribution in [0.15, 0.2) is 18.3 Å². The number of nitrogen functional groups attached to an aromatic ring is 1. The summed E-state index contributed by atoms with van der Waals surface area (Å²) in [5.41, 5.74) is 8.60. The van der Waals surface area contributed by atoms with E-state index in [-0.39, 0.29) is 31.1 Å². The second-order valence-electron chi connectivity index (χ2n) is 8.88. The zero-order valence-corrected chi connectivity index (χ0v) is 19.2. The number of hydrogen-bond donors (Lipinski definition) is 2. The van der Waals surface area contributed by atoms with E-state index >= 15 is 0 Å². The molecule has 5 heterocycles. The number of alkyl halides is 2. The number of piperazine rings is 1. The molecule has 2 aliphatic rings. The van der Waals surface area contributed by atoms with E-state index < -0.39 is 5.92 Å². The Kier molecular flexibility index (Phi) is 5.14. The van der Waals surface area contributed by atoms with Crippen molar-refractivity contribution in [3.8, 4) is 0 Å². The van der Waals surface area contributed by atoms with E-state index in [4.69, 9.17) is 5.73 Å². The molecule has 2 aliphatic heterocycles. The molecule has 0 aromatic carbocycles. The molecule has 1 atom stereocenters. The number of fused-ring (bicyclic) bond motifs is 1. The number of rotatable bonds is 3. The Labute approximate surface area is 194 Å². The second kappa shape index (κ2) is 7.92. The fourth-order valence-corrected chi connectivity index (χ4v) is 4.34. The molecule has 34 heavy (non-hydrogen) atoms. The molecular formula is C21H26F2N10O. The van der Waals surface area contributed by atoms with Gasteiger partial charge in [-0.1, -0.05) is 0 Å². The van der Waals surface area contributed by atoms with Crippen LogP contribution >= 0.6 is 0 Å². The smallest absolute Gasteiger partial charge is 0.322 e. The predicted molar refractivity (Wildman–Crippen MR) is 123 cm³/mol. The quantitative estimate of drug-likeness (QED) is 0.593. The number of nitrogens with zero attached hydrogens (tertiary/aromatic N) is 8. The van der Waals surface area contributed by atoms with E-state index in [1.807, 2.05) is 13.8 Å². The highest BCUT2D eigenvalue weighted by Gasteiger charge is 2.44. The molecule has 2 fully saturated rings. The Morgan fingerprint density at radius 3 is 2.62 bits per heavy atom. The molecule has 0 bridgehead atoms. The molecule has 0 unspecified atom stereocenters. The van der Waals surface area contributed by atoms with Crippen molar-refractivity contribution in [1.82, 2.24) is 29.5 Å². The maximum Gasteiger partial charge on any atom is 0.322 e. The van der Waals surface area contributed by atoms with Crippen LogP contribution in [-0.4, -0.2) is 80.2 Å². The normalized spacial score (nSPS) is 19.9. The first kappa shape index (κ1) is 22.0. The van der Waals surface area contributed by atoms with Crippen molar-refractivity contribution in [2.24, 2.45) is 0 Å². The molecule has 3 aromatic rings. The van der Waals surface area contributed by atoms with Crippen molar-refractivity contribution in [2.45, 2.75) is 32.7 Å². The molecule has 2 saturated heterocycles. The number of hydrogen-bond acceptors (Lipinski definition) is 8. The fourth-order valence-electron chi connectivity index (χ4n) is 4.34. The molecule has 11 nitrogen and oxygen atoms in total. The number of nitrogens with one attached hydrogen (secondary N) is 1. The zero-order chi connectivity index (χ0) is 24.2. The van der Waals surface area contributed by atoms with Crippen LogP contribution in [0, 0.1) is 13.8 Å². The summed E-state index contributed by atoms with van der Waals surface area (Å²) in [5.74, 6) is -1.42. The van der Waals surface area contributed by atoms with Gasteiger partial charge < -0.3 is 25.8 Å². The lowest BCUT2D eigenvalue weighted by Crippen LogP contribution is -2.56. The van der Waals surface area contributed by atoms with Gasteiger partial charge in [0.05, 0.1) is 30.7 Å². The fraction of sp³-hybridized carbons (Fsp3) is 0.476. The lowest BCUT2D eigenvalue weighted by molar-refractivity contribution is -0.0267. The number of nitrogens with two attached hydrogens (primary N) is 1. The van der Waals surface area contributed by atoms with E-state index in [0.29, 0.717) is 48.4 Å². The standard InChI is InChI=1S/C21H26F2N10O/c1-12-8-25-33-17(12)28-18(24)29-19(33)32-7-6-30(9-13(32)2)20(34)27-15-4-5-16(26-14(15)3)31-10-21(22,23)11-31/h4-5,8,13H,6-7,9-11H2,1-3H3,(H2,24,28)(H,27,34)/t13-/m0/s1. The third kappa shape index (κ3) is 3.90. The Hall–Kier alpha value is -3.77. The molecule has 5 rings (SSSR count).